The first-order chi connectivity index (χ1) is 17.6. The quantitative estimate of drug-likeness (QED) is 0.360. The van der Waals surface area contributed by atoms with Crippen LogP contribution in [0.15, 0.2) is 103 Å². The second-order valence-electron chi connectivity index (χ2n) is 8.48. The van der Waals surface area contributed by atoms with E-state index in [1.165, 1.54) is 36.5 Å². The van der Waals surface area contributed by atoms with E-state index in [0.29, 0.717) is 29.4 Å². The lowest BCUT2D eigenvalue weighted by Gasteiger charge is -2.34. The monoisotopic (exact) mass is 531 g/mol. The largest absolute Gasteiger partial charge is 0.489 e. The van der Waals surface area contributed by atoms with Crippen molar-refractivity contribution in [3.63, 3.8) is 0 Å². The molecule has 3 aromatic carbocycles. The van der Waals surface area contributed by atoms with Crippen LogP contribution in [-0.4, -0.2) is 33.4 Å². The number of hydrogen-bond donors (Lipinski definition) is 1. The van der Waals surface area contributed by atoms with Gasteiger partial charge < -0.3 is 15.2 Å². The SMILES string of the molecule is NCC1=C[N+](c2ccc(Oc3cccc(OCc4ccccc4)c3)cc2)(S(=O)(=O)CC(F)(F)F)CC=C1. The number of sulfonamides is 1. The summed E-state index contributed by atoms with van der Waals surface area (Å²) in [5.41, 5.74) is 7.25. The van der Waals surface area contributed by atoms with Crippen LogP contribution in [-0.2, 0) is 16.6 Å². The van der Waals surface area contributed by atoms with Crippen LogP contribution in [0.2, 0.25) is 0 Å². The van der Waals surface area contributed by atoms with Crippen molar-refractivity contribution in [3.05, 3.63) is 108 Å². The maximum absolute atomic E-state index is 13.2. The fraction of sp³-hybridized carbons (Fsp3) is 0.185. The number of alkyl halides is 3. The number of rotatable bonds is 9. The molecule has 1 unspecified atom stereocenters. The number of nitrogens with zero attached hydrogens (tertiary/aromatic N) is 1. The number of quaternary nitrogens is 1. The predicted molar refractivity (Wildman–Crippen MR) is 137 cm³/mol. The molecule has 0 radical (unpaired) electrons. The maximum atomic E-state index is 13.2. The predicted octanol–water partition coefficient (Wildman–Crippen LogP) is 5.67. The number of nitrogens with two attached hydrogens (primary N) is 1. The minimum Gasteiger partial charge on any atom is -0.489 e. The van der Waals surface area contributed by atoms with Gasteiger partial charge in [-0.3, -0.25) is 0 Å². The van der Waals surface area contributed by atoms with Crippen LogP contribution < -0.4 is 19.1 Å². The van der Waals surface area contributed by atoms with Gasteiger partial charge in [0.1, 0.15) is 36.6 Å². The molecule has 2 N–H and O–H groups in total. The molecule has 1 heterocycles. The van der Waals surface area contributed by atoms with Gasteiger partial charge in [0, 0.05) is 30.3 Å². The van der Waals surface area contributed by atoms with Gasteiger partial charge in [0.05, 0.1) is 0 Å². The summed E-state index contributed by atoms with van der Waals surface area (Å²) in [6.07, 6.45) is -0.492. The van der Waals surface area contributed by atoms with Crippen LogP contribution in [0.3, 0.4) is 0 Å². The number of hydrogen-bond acceptors (Lipinski definition) is 5. The first kappa shape index (κ1) is 26.5. The number of benzene rings is 3. The molecule has 0 bridgehead atoms. The zero-order valence-electron chi connectivity index (χ0n) is 19.8. The summed E-state index contributed by atoms with van der Waals surface area (Å²) in [5.74, 6) is -0.500. The molecule has 0 fully saturated rings. The van der Waals surface area contributed by atoms with Crippen LogP contribution in [0, 0.1) is 0 Å². The molecule has 1 aliphatic rings. The van der Waals surface area contributed by atoms with Crippen molar-refractivity contribution in [2.75, 3.05) is 18.8 Å². The zero-order valence-corrected chi connectivity index (χ0v) is 20.6. The van der Waals surface area contributed by atoms with E-state index in [1.807, 2.05) is 30.3 Å². The van der Waals surface area contributed by atoms with E-state index in [9.17, 15) is 21.6 Å². The minimum absolute atomic E-state index is 0.0120. The Balaban J connectivity index is 1.56. The van der Waals surface area contributed by atoms with Gasteiger partial charge in [-0.2, -0.15) is 25.5 Å². The fourth-order valence-corrected chi connectivity index (χ4v) is 5.67. The van der Waals surface area contributed by atoms with Gasteiger partial charge in [-0.05, 0) is 35.9 Å². The average Bonchev–Trinajstić information content (AvgIpc) is 2.87. The van der Waals surface area contributed by atoms with Crippen molar-refractivity contribution in [2.45, 2.75) is 12.8 Å². The van der Waals surface area contributed by atoms with Crippen molar-refractivity contribution >= 4 is 15.7 Å². The first-order valence-electron chi connectivity index (χ1n) is 11.4. The van der Waals surface area contributed by atoms with Crippen LogP contribution in [0.5, 0.6) is 17.2 Å². The summed E-state index contributed by atoms with van der Waals surface area (Å²) in [6.45, 7) is 0.184. The van der Waals surface area contributed by atoms with Crippen LogP contribution in [0.25, 0.3) is 0 Å². The average molecular weight is 532 g/mol. The summed E-state index contributed by atoms with van der Waals surface area (Å²) in [6, 6.07) is 22.6. The molecule has 0 amide bonds. The molecule has 0 saturated carbocycles. The molecule has 0 aromatic heterocycles. The molecular weight excluding hydrogens is 505 g/mol. The van der Waals surface area contributed by atoms with Crippen LogP contribution in [0.4, 0.5) is 18.9 Å². The van der Waals surface area contributed by atoms with Crippen molar-refractivity contribution < 1.29 is 31.1 Å². The van der Waals surface area contributed by atoms with Gasteiger partial charge in [-0.1, -0.05) is 42.5 Å². The van der Waals surface area contributed by atoms with E-state index in [1.54, 1.807) is 30.3 Å². The Kier molecular flexibility index (Phi) is 7.72. The molecule has 4 rings (SSSR count). The molecule has 3 aromatic rings. The topological polar surface area (TPSA) is 78.6 Å². The highest BCUT2D eigenvalue weighted by atomic mass is 32.2. The highest BCUT2D eigenvalue weighted by Gasteiger charge is 2.50. The van der Waals surface area contributed by atoms with Crippen molar-refractivity contribution in [1.82, 2.24) is 3.89 Å². The summed E-state index contributed by atoms with van der Waals surface area (Å²) >= 11 is 0. The molecule has 194 valence electrons. The van der Waals surface area contributed by atoms with E-state index in [2.05, 4.69) is 0 Å². The number of halogens is 3. The lowest BCUT2D eigenvalue weighted by molar-refractivity contribution is -0.106. The third kappa shape index (κ3) is 6.40. The Morgan fingerprint density at radius 1 is 0.892 bits per heavy atom. The second-order valence-corrected chi connectivity index (χ2v) is 10.6. The van der Waals surface area contributed by atoms with Gasteiger partial charge >= 0.3 is 16.2 Å². The smallest absolute Gasteiger partial charge is 0.408 e. The zero-order chi connectivity index (χ0) is 26.5. The molecule has 1 atom stereocenters. The summed E-state index contributed by atoms with van der Waals surface area (Å²) < 4.78 is 76.3. The van der Waals surface area contributed by atoms with Crippen molar-refractivity contribution in [3.8, 4) is 17.2 Å². The van der Waals surface area contributed by atoms with E-state index >= 15 is 0 Å². The Labute approximate surface area is 213 Å². The van der Waals surface area contributed by atoms with Gasteiger partial charge in [0.25, 0.3) is 0 Å². The molecule has 0 saturated heterocycles. The molecule has 6 nitrogen and oxygen atoms in total. The van der Waals surface area contributed by atoms with E-state index in [0.717, 1.165) is 5.56 Å². The Morgan fingerprint density at radius 3 is 2.27 bits per heavy atom. The summed E-state index contributed by atoms with van der Waals surface area (Å²) in [5, 5.41) is 0. The van der Waals surface area contributed by atoms with Gasteiger partial charge in [0.15, 0.2) is 11.4 Å². The highest BCUT2D eigenvalue weighted by molar-refractivity contribution is 7.91. The second kappa shape index (κ2) is 10.8. The molecule has 0 spiro atoms. The van der Waals surface area contributed by atoms with Crippen molar-refractivity contribution in [2.24, 2.45) is 5.73 Å². The summed E-state index contributed by atoms with van der Waals surface area (Å²) in [4.78, 5) is 0. The Hall–Kier alpha value is -3.60. The molecule has 1 aliphatic heterocycles. The van der Waals surface area contributed by atoms with E-state index < -0.39 is 25.8 Å². The third-order valence-corrected chi connectivity index (χ3v) is 7.87. The molecule has 0 aliphatic carbocycles. The van der Waals surface area contributed by atoms with Gasteiger partial charge in [0.2, 0.25) is 0 Å². The lowest BCUT2D eigenvalue weighted by atomic mass is 10.2. The summed E-state index contributed by atoms with van der Waals surface area (Å²) in [7, 11) is -4.73. The Morgan fingerprint density at radius 2 is 1.59 bits per heavy atom. The molecule has 10 heteroatoms. The normalized spacial score (nSPS) is 17.8. The van der Waals surface area contributed by atoms with Crippen LogP contribution >= 0.6 is 0 Å². The molecular formula is C27H26F3N2O4S+. The van der Waals surface area contributed by atoms with E-state index in [-0.39, 0.29) is 18.8 Å². The lowest BCUT2D eigenvalue weighted by Crippen LogP contribution is -2.54. The maximum Gasteiger partial charge on any atom is 0.408 e. The van der Waals surface area contributed by atoms with Gasteiger partial charge in [-0.15, -0.1) is 0 Å². The minimum atomic E-state index is -4.89. The van der Waals surface area contributed by atoms with Crippen LogP contribution in [0.1, 0.15) is 5.56 Å². The molecule has 37 heavy (non-hydrogen) atoms. The highest BCUT2D eigenvalue weighted by Crippen LogP contribution is 2.37. The standard InChI is InChI=1S/C27H26F3N2O4S/c28-27(29,30)20-37(33,34)32(15-5-8-22(17-31)18-32)23-11-13-24(14-12-23)36-26-10-4-9-25(16-26)35-19-21-6-2-1-3-7-21/h1-14,16,18H,15,17,19-20,31H2/q+1. The number of ether oxygens (including phenoxy) is 2. The third-order valence-electron chi connectivity index (χ3n) is 5.72. The first-order valence-corrected chi connectivity index (χ1v) is 13.0. The van der Waals surface area contributed by atoms with Gasteiger partial charge in [-0.25, -0.2) is 0 Å². The fourth-order valence-electron chi connectivity index (χ4n) is 3.97. The van der Waals surface area contributed by atoms with E-state index in [4.69, 9.17) is 15.2 Å². The van der Waals surface area contributed by atoms with Crippen molar-refractivity contribution in [1.29, 1.82) is 0 Å². The Bertz CT molecular complexity index is 1390.